The zero-order valence-electron chi connectivity index (χ0n) is 16.0. The normalized spacial score (nSPS) is 12.2. The average Bonchev–Trinajstić information content (AvgIpc) is 2.44. The highest BCUT2D eigenvalue weighted by atomic mass is 16.3. The summed E-state index contributed by atoms with van der Waals surface area (Å²) in [7, 11) is 0. The third kappa shape index (κ3) is 7.88. The van der Waals surface area contributed by atoms with Crippen molar-refractivity contribution in [1.82, 2.24) is 0 Å². The Morgan fingerprint density at radius 1 is 1.00 bits per heavy atom. The minimum Gasteiger partial charge on any atom is -0.508 e. The van der Waals surface area contributed by atoms with E-state index in [0.29, 0.717) is 18.4 Å². The van der Waals surface area contributed by atoms with Crippen molar-refractivity contribution < 1.29 is 15.0 Å². The smallest absolute Gasteiger partial charge is 0.159 e. The summed E-state index contributed by atoms with van der Waals surface area (Å²) in [5.74, 6) is 0.413. The molecule has 0 aliphatic carbocycles. The molecule has 0 bridgehead atoms. The lowest BCUT2D eigenvalue weighted by atomic mass is 10.0. The maximum Gasteiger partial charge on any atom is 0.159 e. The van der Waals surface area contributed by atoms with Crippen molar-refractivity contribution in [3.05, 3.63) is 58.2 Å². The number of phenolic OH excluding ortho intramolecular Hbond substituents is 2. The van der Waals surface area contributed by atoms with Crippen LogP contribution in [-0.4, -0.2) is 16.0 Å². The van der Waals surface area contributed by atoms with Crippen molar-refractivity contribution in [2.75, 3.05) is 0 Å². The van der Waals surface area contributed by atoms with Gasteiger partial charge >= 0.3 is 0 Å². The van der Waals surface area contributed by atoms with E-state index in [2.05, 4.69) is 6.08 Å². The van der Waals surface area contributed by atoms with Crippen LogP contribution in [0.25, 0.3) is 0 Å². The Bertz CT molecular complexity index is 679. The van der Waals surface area contributed by atoms with Gasteiger partial charge in [-0.25, -0.2) is 0 Å². The van der Waals surface area contributed by atoms with Gasteiger partial charge in [-0.1, -0.05) is 28.9 Å². The molecule has 136 valence electrons. The third-order valence-corrected chi connectivity index (χ3v) is 3.94. The number of allylic oxidation sites excluding steroid dienone is 6. The zero-order valence-corrected chi connectivity index (χ0v) is 16.0. The lowest BCUT2D eigenvalue weighted by Crippen LogP contribution is -1.94. The molecule has 1 rings (SSSR count). The second-order valence-corrected chi connectivity index (χ2v) is 6.99. The molecule has 0 fully saturated rings. The number of hydrogen-bond donors (Lipinski definition) is 2. The highest BCUT2D eigenvalue weighted by molar-refractivity contribution is 5.91. The van der Waals surface area contributed by atoms with E-state index in [1.807, 2.05) is 40.7 Å². The van der Waals surface area contributed by atoms with Crippen LogP contribution >= 0.6 is 0 Å². The summed E-state index contributed by atoms with van der Waals surface area (Å²) < 4.78 is 0. The van der Waals surface area contributed by atoms with Gasteiger partial charge in [0.2, 0.25) is 0 Å². The topological polar surface area (TPSA) is 57.5 Å². The van der Waals surface area contributed by atoms with Crippen LogP contribution in [0.15, 0.2) is 47.1 Å². The Morgan fingerprint density at radius 2 is 1.60 bits per heavy atom. The van der Waals surface area contributed by atoms with Crippen LogP contribution in [-0.2, 0) is 11.2 Å². The predicted molar refractivity (Wildman–Crippen MR) is 104 cm³/mol. The zero-order chi connectivity index (χ0) is 19.0. The Hall–Kier alpha value is -2.29. The maximum absolute atomic E-state index is 11.7. The lowest BCUT2D eigenvalue weighted by Gasteiger charge is -2.07. The molecule has 0 spiro atoms. The van der Waals surface area contributed by atoms with Crippen molar-refractivity contribution >= 4 is 5.78 Å². The second-order valence-electron chi connectivity index (χ2n) is 6.99. The first-order valence-corrected chi connectivity index (χ1v) is 8.69. The van der Waals surface area contributed by atoms with Crippen molar-refractivity contribution in [2.45, 2.75) is 60.3 Å². The summed E-state index contributed by atoms with van der Waals surface area (Å²) in [6, 6.07) is 3.32. The molecule has 0 saturated heterocycles. The van der Waals surface area contributed by atoms with E-state index < -0.39 is 0 Å². The number of aromatic hydroxyl groups is 2. The molecule has 0 saturated carbocycles. The van der Waals surface area contributed by atoms with E-state index >= 15 is 0 Å². The van der Waals surface area contributed by atoms with Gasteiger partial charge in [-0.05, 0) is 77.7 Å². The summed E-state index contributed by atoms with van der Waals surface area (Å²) in [6.45, 7) is 9.71. The minimum atomic E-state index is 0.134. The minimum absolute atomic E-state index is 0.134. The fourth-order valence-corrected chi connectivity index (χ4v) is 2.63. The fourth-order valence-electron chi connectivity index (χ4n) is 2.63. The summed E-state index contributed by atoms with van der Waals surface area (Å²) in [5, 5.41) is 19.9. The van der Waals surface area contributed by atoms with Crippen molar-refractivity contribution in [1.29, 1.82) is 0 Å². The maximum atomic E-state index is 11.7. The largest absolute Gasteiger partial charge is 0.508 e. The van der Waals surface area contributed by atoms with Gasteiger partial charge < -0.3 is 10.2 Å². The first-order chi connectivity index (χ1) is 11.7. The molecule has 0 aliphatic heterocycles. The van der Waals surface area contributed by atoms with Gasteiger partial charge in [-0.15, -0.1) is 0 Å². The summed E-state index contributed by atoms with van der Waals surface area (Å²) in [4.78, 5) is 11.7. The third-order valence-electron chi connectivity index (χ3n) is 3.94. The first kappa shape index (κ1) is 20.8. The van der Waals surface area contributed by atoms with Gasteiger partial charge in [-0.2, -0.15) is 0 Å². The molecule has 0 heterocycles. The second kappa shape index (κ2) is 9.87. The fraction of sp³-hybridized carbons (Fsp3) is 0.409. The number of hydrogen-bond acceptors (Lipinski definition) is 3. The Balaban J connectivity index is 2.55. The molecule has 0 radical (unpaired) electrons. The van der Waals surface area contributed by atoms with Crippen LogP contribution in [0.2, 0.25) is 0 Å². The number of phenols is 2. The summed E-state index contributed by atoms with van der Waals surface area (Å²) >= 11 is 0. The van der Waals surface area contributed by atoms with Crippen LogP contribution < -0.4 is 0 Å². The van der Waals surface area contributed by atoms with E-state index in [9.17, 15) is 15.0 Å². The Kier molecular flexibility index (Phi) is 8.20. The van der Waals surface area contributed by atoms with Gasteiger partial charge in [0, 0.05) is 12.0 Å². The molecule has 0 atom stereocenters. The molecule has 3 heteroatoms. The van der Waals surface area contributed by atoms with Gasteiger partial charge in [0.05, 0.1) is 0 Å². The Labute approximate surface area is 151 Å². The number of aryl methyl sites for hydroxylation is 1. The molecule has 25 heavy (non-hydrogen) atoms. The van der Waals surface area contributed by atoms with Crippen LogP contribution in [0.5, 0.6) is 11.5 Å². The molecular weight excluding hydrogens is 312 g/mol. The van der Waals surface area contributed by atoms with E-state index in [4.69, 9.17) is 0 Å². The molecule has 0 aromatic heterocycles. The van der Waals surface area contributed by atoms with Gasteiger partial charge in [-0.3, -0.25) is 4.79 Å². The molecule has 0 unspecified atom stereocenters. The lowest BCUT2D eigenvalue weighted by molar-refractivity contribution is -0.114. The predicted octanol–water partition coefficient (Wildman–Crippen LogP) is 5.55. The molecule has 1 aromatic carbocycles. The average molecular weight is 342 g/mol. The standard InChI is InChI=1S/C22H30O3/c1-15(2)11-19(23)12-17(4)8-6-7-16(3)9-10-20-21(24)13-18(5)14-22(20)25/h8-9,11,13-14,24-25H,6-7,10,12H2,1-5H3/b16-9+,17-8+. The van der Waals surface area contributed by atoms with Crippen LogP contribution in [0.4, 0.5) is 0 Å². The van der Waals surface area contributed by atoms with Crippen molar-refractivity contribution in [2.24, 2.45) is 0 Å². The van der Waals surface area contributed by atoms with Gasteiger partial charge in [0.15, 0.2) is 5.78 Å². The van der Waals surface area contributed by atoms with E-state index in [-0.39, 0.29) is 17.3 Å². The number of rotatable bonds is 8. The highest BCUT2D eigenvalue weighted by Gasteiger charge is 2.07. The highest BCUT2D eigenvalue weighted by Crippen LogP contribution is 2.29. The molecule has 1 aromatic rings. The molecule has 0 amide bonds. The quantitative estimate of drug-likeness (QED) is 0.481. The SMILES string of the molecule is CC(C)=CC(=O)C/C(C)=C/CC/C(C)=C/Cc1c(O)cc(C)cc1O. The number of benzene rings is 1. The monoisotopic (exact) mass is 342 g/mol. The number of carbonyl (C=O) groups excluding carboxylic acids is 1. The number of carbonyl (C=O) groups is 1. The molecule has 0 aliphatic rings. The Morgan fingerprint density at radius 3 is 2.16 bits per heavy atom. The summed E-state index contributed by atoms with van der Waals surface area (Å²) in [5.41, 5.74) is 4.70. The van der Waals surface area contributed by atoms with E-state index in [1.54, 1.807) is 18.2 Å². The van der Waals surface area contributed by atoms with E-state index in [1.165, 1.54) is 5.57 Å². The van der Waals surface area contributed by atoms with Crippen molar-refractivity contribution in [3.63, 3.8) is 0 Å². The van der Waals surface area contributed by atoms with E-state index in [0.717, 1.165) is 29.6 Å². The van der Waals surface area contributed by atoms with Gasteiger partial charge in [0.25, 0.3) is 0 Å². The number of ketones is 1. The van der Waals surface area contributed by atoms with Crippen molar-refractivity contribution in [3.8, 4) is 11.5 Å². The molecule has 2 N–H and O–H groups in total. The summed E-state index contributed by atoms with van der Waals surface area (Å²) in [6.07, 6.45) is 8.56. The van der Waals surface area contributed by atoms with Crippen LogP contribution in [0.1, 0.15) is 58.1 Å². The van der Waals surface area contributed by atoms with Gasteiger partial charge in [0.1, 0.15) is 11.5 Å². The molecule has 3 nitrogen and oxygen atoms in total. The first-order valence-electron chi connectivity index (χ1n) is 8.69. The molecular formula is C22H30O3. The van der Waals surface area contributed by atoms with Crippen LogP contribution in [0.3, 0.4) is 0 Å². The van der Waals surface area contributed by atoms with Crippen LogP contribution in [0, 0.1) is 6.92 Å².